The van der Waals surface area contributed by atoms with Crippen molar-refractivity contribution >= 4 is 17.9 Å². The van der Waals surface area contributed by atoms with Crippen molar-refractivity contribution in [3.63, 3.8) is 0 Å². The van der Waals surface area contributed by atoms with Crippen LogP contribution >= 0.6 is 0 Å². The summed E-state index contributed by atoms with van der Waals surface area (Å²) in [6.07, 6.45) is 43.5. The van der Waals surface area contributed by atoms with Gasteiger partial charge in [-0.15, -0.1) is 0 Å². The van der Waals surface area contributed by atoms with Crippen LogP contribution in [-0.2, 0) is 28.6 Å². The Morgan fingerprint density at radius 3 is 1.68 bits per heavy atom. The van der Waals surface area contributed by atoms with Gasteiger partial charge in [0.25, 0.3) is 0 Å². The van der Waals surface area contributed by atoms with Crippen LogP contribution in [0.1, 0.15) is 142 Å². The van der Waals surface area contributed by atoms with E-state index in [2.05, 4.69) is 86.8 Å². The minimum absolute atomic E-state index is 0.0235. The number of ether oxygens (including phenoxy) is 3. The van der Waals surface area contributed by atoms with Gasteiger partial charge in [-0.2, -0.15) is 0 Å². The van der Waals surface area contributed by atoms with E-state index in [1.807, 2.05) is 0 Å². The molecule has 0 rings (SSSR count). The molecule has 0 saturated carbocycles. The summed E-state index contributed by atoms with van der Waals surface area (Å²) in [7, 11) is 5.38. The minimum atomic E-state index is -1.13. The van der Waals surface area contributed by atoms with Crippen LogP contribution in [0.3, 0.4) is 0 Å². The van der Waals surface area contributed by atoms with Gasteiger partial charge in [0.15, 0.2) is 6.10 Å². The van der Waals surface area contributed by atoms with E-state index in [0.29, 0.717) is 6.42 Å². The second-order valence-corrected chi connectivity index (χ2v) is 14.5. The first kappa shape index (κ1) is 49.8. The molecule has 0 aliphatic carbocycles. The van der Waals surface area contributed by atoms with Crippen molar-refractivity contribution in [2.24, 2.45) is 0 Å². The van der Waals surface area contributed by atoms with Crippen LogP contribution < -0.4 is 5.11 Å². The number of quaternary nitrogens is 1. The Kier molecular flexibility index (Phi) is 33.6. The lowest BCUT2D eigenvalue weighted by Gasteiger charge is -2.34. The fourth-order valence-electron chi connectivity index (χ4n) is 5.49. The number of hydrogen-bond donors (Lipinski definition) is 0. The second-order valence-electron chi connectivity index (χ2n) is 14.5. The first-order chi connectivity index (χ1) is 25.6. The molecular weight excluding hydrogens is 666 g/mol. The number of aliphatic carboxylic acids is 1. The molecule has 53 heavy (non-hydrogen) atoms. The number of likely N-dealkylation sites (N-methyl/N-ethyl adjacent to an activating group) is 1. The van der Waals surface area contributed by atoms with Crippen LogP contribution in [0.2, 0.25) is 0 Å². The molecule has 8 heteroatoms. The van der Waals surface area contributed by atoms with E-state index in [1.54, 1.807) is 21.1 Å². The summed E-state index contributed by atoms with van der Waals surface area (Å²) in [6.45, 7) is 4.36. The van der Waals surface area contributed by atoms with Crippen LogP contribution in [0.5, 0.6) is 0 Å². The number of carbonyl (C=O) groups excluding carboxylic acids is 3. The maximum atomic E-state index is 12.7. The smallest absolute Gasteiger partial charge is 0.306 e. The Morgan fingerprint density at radius 1 is 0.585 bits per heavy atom. The molecule has 8 nitrogen and oxygen atoms in total. The number of allylic oxidation sites excluding steroid dienone is 12. The van der Waals surface area contributed by atoms with Crippen molar-refractivity contribution in [1.29, 1.82) is 0 Å². The zero-order chi connectivity index (χ0) is 39.3. The maximum Gasteiger partial charge on any atom is 0.306 e. The van der Waals surface area contributed by atoms with Crippen LogP contribution in [0.4, 0.5) is 0 Å². The number of unbranched alkanes of at least 4 members (excludes halogenated alkanes) is 11. The molecule has 0 spiro atoms. The Labute approximate surface area is 323 Å². The van der Waals surface area contributed by atoms with E-state index >= 15 is 0 Å². The van der Waals surface area contributed by atoms with Crippen molar-refractivity contribution in [1.82, 2.24) is 0 Å². The van der Waals surface area contributed by atoms with Gasteiger partial charge in [0.2, 0.25) is 0 Å². The molecule has 0 aromatic rings. The van der Waals surface area contributed by atoms with Crippen molar-refractivity contribution in [3.8, 4) is 0 Å². The molecule has 0 heterocycles. The first-order valence-electron chi connectivity index (χ1n) is 20.5. The molecule has 0 radical (unpaired) electrons. The van der Waals surface area contributed by atoms with Gasteiger partial charge < -0.3 is 28.6 Å². The van der Waals surface area contributed by atoms with Gasteiger partial charge in [-0.05, 0) is 64.2 Å². The Morgan fingerprint density at radius 2 is 1.09 bits per heavy atom. The highest BCUT2D eigenvalue weighted by Crippen LogP contribution is 2.13. The zero-order valence-electron chi connectivity index (χ0n) is 34.2. The topological polar surface area (TPSA) is 102 Å². The second kappa shape index (κ2) is 35.8. The predicted octanol–water partition coefficient (Wildman–Crippen LogP) is 9.46. The van der Waals surface area contributed by atoms with Crippen LogP contribution in [-0.4, -0.2) is 75.5 Å². The maximum absolute atomic E-state index is 12.7. The van der Waals surface area contributed by atoms with E-state index in [-0.39, 0.29) is 49.1 Å². The lowest BCUT2D eigenvalue weighted by Crippen LogP contribution is -2.55. The molecule has 2 unspecified atom stereocenters. The summed E-state index contributed by atoms with van der Waals surface area (Å²) in [5.74, 6) is -1.79. The van der Waals surface area contributed by atoms with Gasteiger partial charge in [-0.3, -0.25) is 9.59 Å². The average Bonchev–Trinajstić information content (AvgIpc) is 3.11. The highest BCUT2D eigenvalue weighted by molar-refractivity contribution is 5.70. The number of carbonyl (C=O) groups is 3. The molecular formula is C45H75NO7. The molecule has 0 aliphatic rings. The number of carboxylic acids is 1. The van der Waals surface area contributed by atoms with Gasteiger partial charge in [0.05, 0.1) is 40.3 Å². The molecule has 0 aromatic carbocycles. The van der Waals surface area contributed by atoms with Crippen molar-refractivity contribution in [3.05, 3.63) is 72.9 Å². The SMILES string of the molecule is CC/C=C/C=C/C=C/CCCCCCCCCC(=O)OCC(COCCC(C(=O)[O-])[N+](C)(C)C)OC(=O)CCCCCC/C=C/C/C=C/C/C=C/CC. The van der Waals surface area contributed by atoms with Gasteiger partial charge in [0, 0.05) is 19.3 Å². The Bertz CT molecular complexity index is 1100. The van der Waals surface area contributed by atoms with E-state index in [1.165, 1.54) is 19.3 Å². The standard InChI is InChI=1S/C45H75NO7/c1-6-8-10-12-14-16-18-20-22-24-25-27-29-31-33-35-43(47)52-40-41(39-51-38-37-42(45(49)50)46(3,4)5)53-44(48)36-34-32-30-28-26-23-21-19-17-15-13-11-9-7-2/h8-12,14-18,21,23,41-42H,6-7,13,19-20,22,24-40H2,1-5H3/b10-8+,11-9+,14-12+,17-15+,18-16+,23-21+. The first-order valence-corrected chi connectivity index (χ1v) is 20.5. The normalized spacial score (nSPS) is 13.8. The molecule has 0 amide bonds. The third-order valence-corrected chi connectivity index (χ3v) is 8.65. The molecule has 2 atom stereocenters. The predicted molar refractivity (Wildman–Crippen MR) is 217 cm³/mol. The fraction of sp³-hybridized carbons (Fsp3) is 0.667. The van der Waals surface area contributed by atoms with E-state index in [0.717, 1.165) is 89.9 Å². The molecule has 0 N–H and O–H groups in total. The average molecular weight is 742 g/mol. The van der Waals surface area contributed by atoms with Crippen LogP contribution in [0, 0.1) is 0 Å². The molecule has 0 bridgehead atoms. The fourth-order valence-corrected chi connectivity index (χ4v) is 5.49. The molecule has 0 aromatic heterocycles. The third kappa shape index (κ3) is 34.3. The Balaban J connectivity index is 4.45. The van der Waals surface area contributed by atoms with Crippen LogP contribution in [0.25, 0.3) is 0 Å². The molecule has 0 aliphatic heterocycles. The number of rotatable bonds is 35. The van der Waals surface area contributed by atoms with Gasteiger partial charge >= 0.3 is 11.9 Å². The van der Waals surface area contributed by atoms with Crippen molar-refractivity contribution < 1.29 is 38.2 Å². The third-order valence-electron chi connectivity index (χ3n) is 8.65. The summed E-state index contributed by atoms with van der Waals surface area (Å²) < 4.78 is 17.1. The largest absolute Gasteiger partial charge is 0.544 e. The molecule has 0 fully saturated rings. The lowest BCUT2D eigenvalue weighted by atomic mass is 10.1. The molecule has 302 valence electrons. The highest BCUT2D eigenvalue weighted by Gasteiger charge is 2.25. The summed E-state index contributed by atoms with van der Waals surface area (Å²) in [6, 6.07) is -0.734. The van der Waals surface area contributed by atoms with Crippen LogP contribution in [0.15, 0.2) is 72.9 Å². The monoisotopic (exact) mass is 742 g/mol. The summed E-state index contributed by atoms with van der Waals surface area (Å²) in [5.41, 5.74) is 0. The van der Waals surface area contributed by atoms with Crippen molar-refractivity contribution in [2.75, 3.05) is 41.0 Å². The quantitative estimate of drug-likeness (QED) is 0.0210. The van der Waals surface area contributed by atoms with E-state index in [4.69, 9.17) is 14.2 Å². The van der Waals surface area contributed by atoms with E-state index in [9.17, 15) is 19.5 Å². The zero-order valence-corrected chi connectivity index (χ0v) is 34.2. The Hall–Kier alpha value is -3.23. The summed E-state index contributed by atoms with van der Waals surface area (Å²) in [4.78, 5) is 36.8. The summed E-state index contributed by atoms with van der Waals surface area (Å²) in [5, 5.41) is 11.6. The molecule has 0 saturated heterocycles. The number of carboxylic acid groups (broad SMARTS) is 1. The number of hydrogen-bond acceptors (Lipinski definition) is 7. The lowest BCUT2D eigenvalue weighted by molar-refractivity contribution is -0.889. The van der Waals surface area contributed by atoms with Gasteiger partial charge in [0.1, 0.15) is 12.6 Å². The van der Waals surface area contributed by atoms with Gasteiger partial charge in [-0.1, -0.05) is 132 Å². The van der Waals surface area contributed by atoms with E-state index < -0.39 is 18.1 Å². The number of esters is 2. The summed E-state index contributed by atoms with van der Waals surface area (Å²) >= 11 is 0. The highest BCUT2D eigenvalue weighted by atomic mass is 16.6. The number of nitrogens with zero attached hydrogens (tertiary/aromatic N) is 1. The van der Waals surface area contributed by atoms with Crippen molar-refractivity contribution in [2.45, 2.75) is 154 Å². The van der Waals surface area contributed by atoms with Gasteiger partial charge in [-0.25, -0.2) is 0 Å². The minimum Gasteiger partial charge on any atom is -0.544 e.